The Hall–Kier alpha value is -1.97. The van der Waals surface area contributed by atoms with Gasteiger partial charge < -0.3 is 14.7 Å². The van der Waals surface area contributed by atoms with Crippen LogP contribution in [0.2, 0.25) is 0 Å². The molecule has 1 fully saturated rings. The van der Waals surface area contributed by atoms with Crippen molar-refractivity contribution in [1.29, 1.82) is 0 Å². The number of rotatable bonds is 5. The van der Waals surface area contributed by atoms with Crippen LogP contribution in [0.5, 0.6) is 0 Å². The minimum absolute atomic E-state index is 0.0876. The number of nitrogens with zero attached hydrogens (tertiary/aromatic N) is 1. The van der Waals surface area contributed by atoms with E-state index in [0.717, 1.165) is 11.1 Å². The van der Waals surface area contributed by atoms with E-state index < -0.39 is 40.4 Å². The van der Waals surface area contributed by atoms with Gasteiger partial charge in [0.1, 0.15) is 0 Å². The molecular weight excluding hydrogens is 360 g/mol. The van der Waals surface area contributed by atoms with E-state index in [1.165, 1.54) is 11.0 Å². The molecule has 1 amide bonds. The first-order chi connectivity index (χ1) is 12.3. The third kappa shape index (κ3) is 3.74. The molecule has 1 aromatic rings. The van der Waals surface area contributed by atoms with Crippen LogP contribution in [0.1, 0.15) is 30.9 Å². The second kappa shape index (κ2) is 7.34. The number of carbonyl (C=O) groups is 2. The molecule has 0 radical (unpaired) electrons. The van der Waals surface area contributed by atoms with Crippen LogP contribution in [0.25, 0.3) is 0 Å². The average molecular weight is 382 g/mol. The number of carboxylic acid groups (broad SMARTS) is 1. The lowest BCUT2D eigenvalue weighted by Gasteiger charge is -2.37. The van der Waals surface area contributed by atoms with E-state index in [2.05, 4.69) is 4.72 Å². The Kier molecular flexibility index (Phi) is 5.31. The quantitative estimate of drug-likeness (QED) is 0.775. The number of likely N-dealkylation sites (tertiary alicyclic amines) is 1. The van der Waals surface area contributed by atoms with Crippen molar-refractivity contribution in [3.05, 3.63) is 29.3 Å². The van der Waals surface area contributed by atoms with Gasteiger partial charge in [-0.2, -0.15) is 0 Å². The predicted octanol–water partition coefficient (Wildman–Crippen LogP) is 0.707. The summed E-state index contributed by atoms with van der Waals surface area (Å²) in [4.78, 5) is 25.2. The molecule has 2 N–H and O–H groups in total. The lowest BCUT2D eigenvalue weighted by molar-refractivity contribution is -0.148. The summed E-state index contributed by atoms with van der Waals surface area (Å²) in [6.45, 7) is 2.57. The third-order valence-corrected chi connectivity index (χ3v) is 6.44. The van der Waals surface area contributed by atoms with Crippen molar-refractivity contribution >= 4 is 21.9 Å². The average Bonchev–Trinajstić information content (AvgIpc) is 3.07. The highest BCUT2D eigenvalue weighted by molar-refractivity contribution is 7.89. The van der Waals surface area contributed by atoms with Crippen LogP contribution in [0, 0.1) is 5.92 Å². The second-order valence-corrected chi connectivity index (χ2v) is 8.43. The van der Waals surface area contributed by atoms with Gasteiger partial charge in [0.05, 0.1) is 30.6 Å². The van der Waals surface area contributed by atoms with Crippen LogP contribution in [0.15, 0.2) is 23.1 Å². The zero-order chi connectivity index (χ0) is 18.9. The molecule has 2 aliphatic rings. The normalized spacial score (nSPS) is 22.9. The van der Waals surface area contributed by atoms with Gasteiger partial charge in [-0.05, 0) is 43.0 Å². The topological polar surface area (TPSA) is 113 Å². The van der Waals surface area contributed by atoms with E-state index >= 15 is 0 Å². The molecule has 26 heavy (non-hydrogen) atoms. The van der Waals surface area contributed by atoms with Gasteiger partial charge in [-0.1, -0.05) is 6.07 Å². The number of hydrogen-bond acceptors (Lipinski definition) is 5. The summed E-state index contributed by atoms with van der Waals surface area (Å²) in [5.74, 6) is -1.98. The standard InChI is InChI=1S/C17H22N2O6S/c1-11-15(17(21)22)3-2-6-19(11)16(20)8-18-26(23,24)14-5-4-12-9-25-10-13(12)7-14/h4-5,7,11,15,18H,2-3,6,8-10H2,1H3,(H,21,22)/t11-,15-/m1/s1. The molecule has 2 aliphatic heterocycles. The molecule has 0 bridgehead atoms. The smallest absolute Gasteiger partial charge is 0.308 e. The Labute approximate surface area is 152 Å². The van der Waals surface area contributed by atoms with Gasteiger partial charge >= 0.3 is 5.97 Å². The number of carbonyl (C=O) groups excluding carboxylic acids is 1. The highest BCUT2D eigenvalue weighted by atomic mass is 32.2. The Bertz CT molecular complexity index is 823. The molecule has 1 saturated heterocycles. The molecule has 0 spiro atoms. The molecule has 9 heteroatoms. The maximum atomic E-state index is 12.5. The van der Waals surface area contributed by atoms with Crippen LogP contribution in [-0.4, -0.2) is 49.4 Å². The minimum atomic E-state index is -3.83. The molecule has 0 aromatic heterocycles. The van der Waals surface area contributed by atoms with Crippen LogP contribution in [-0.2, 0) is 37.6 Å². The number of amides is 1. The Balaban J connectivity index is 1.66. The van der Waals surface area contributed by atoms with Crippen molar-refractivity contribution in [2.75, 3.05) is 13.1 Å². The molecule has 3 rings (SSSR count). The lowest BCUT2D eigenvalue weighted by atomic mass is 9.90. The number of carboxylic acids is 1. The Morgan fingerprint density at radius 2 is 2.04 bits per heavy atom. The van der Waals surface area contributed by atoms with E-state index in [1.807, 2.05) is 0 Å². The summed E-state index contributed by atoms with van der Waals surface area (Å²) in [6.07, 6.45) is 1.10. The van der Waals surface area contributed by atoms with Crippen LogP contribution in [0.4, 0.5) is 0 Å². The molecule has 142 valence electrons. The van der Waals surface area contributed by atoms with Crippen molar-refractivity contribution in [3.8, 4) is 0 Å². The maximum absolute atomic E-state index is 12.5. The van der Waals surface area contributed by atoms with Crippen molar-refractivity contribution in [1.82, 2.24) is 9.62 Å². The van der Waals surface area contributed by atoms with Crippen LogP contribution < -0.4 is 4.72 Å². The van der Waals surface area contributed by atoms with Crippen molar-refractivity contribution < 1.29 is 27.9 Å². The fraction of sp³-hybridized carbons (Fsp3) is 0.529. The SMILES string of the molecule is C[C@@H]1[C@H](C(=O)O)CCCN1C(=O)CNS(=O)(=O)c1ccc2c(c1)COC2. The monoisotopic (exact) mass is 382 g/mol. The van der Waals surface area contributed by atoms with Gasteiger partial charge in [0, 0.05) is 12.6 Å². The number of piperidine rings is 1. The third-order valence-electron chi connectivity index (χ3n) is 5.04. The first-order valence-electron chi connectivity index (χ1n) is 8.51. The fourth-order valence-electron chi connectivity index (χ4n) is 3.48. The Morgan fingerprint density at radius 3 is 2.77 bits per heavy atom. The number of benzene rings is 1. The molecule has 0 unspecified atom stereocenters. The summed E-state index contributed by atoms with van der Waals surface area (Å²) >= 11 is 0. The van der Waals surface area contributed by atoms with E-state index in [9.17, 15) is 23.1 Å². The highest BCUT2D eigenvalue weighted by Crippen LogP contribution is 2.25. The predicted molar refractivity (Wildman–Crippen MR) is 91.7 cm³/mol. The van der Waals surface area contributed by atoms with Gasteiger partial charge in [0.25, 0.3) is 0 Å². The molecule has 0 saturated carbocycles. The van der Waals surface area contributed by atoms with Gasteiger partial charge in [-0.25, -0.2) is 13.1 Å². The van der Waals surface area contributed by atoms with Crippen molar-refractivity contribution in [3.63, 3.8) is 0 Å². The summed E-state index contributed by atoms with van der Waals surface area (Å²) in [6, 6.07) is 4.29. The van der Waals surface area contributed by atoms with Crippen molar-refractivity contribution in [2.45, 2.75) is 43.9 Å². The summed E-state index contributed by atoms with van der Waals surface area (Å²) in [7, 11) is -3.83. The van der Waals surface area contributed by atoms with Gasteiger partial charge in [-0.3, -0.25) is 9.59 Å². The molecule has 0 aliphatic carbocycles. The first kappa shape index (κ1) is 18.8. The molecule has 2 atom stereocenters. The number of fused-ring (bicyclic) bond motifs is 1. The number of sulfonamides is 1. The van der Waals surface area contributed by atoms with Crippen LogP contribution in [0.3, 0.4) is 0 Å². The molecule has 1 aromatic carbocycles. The zero-order valence-electron chi connectivity index (χ0n) is 14.5. The summed E-state index contributed by atoms with van der Waals surface area (Å²) < 4.78 is 32.5. The largest absolute Gasteiger partial charge is 0.481 e. The second-order valence-electron chi connectivity index (χ2n) is 6.66. The highest BCUT2D eigenvalue weighted by Gasteiger charge is 2.35. The minimum Gasteiger partial charge on any atom is -0.481 e. The summed E-state index contributed by atoms with van der Waals surface area (Å²) in [5.41, 5.74) is 1.79. The molecular formula is C17H22N2O6S. The maximum Gasteiger partial charge on any atom is 0.308 e. The first-order valence-corrected chi connectivity index (χ1v) is 9.99. The summed E-state index contributed by atoms with van der Waals surface area (Å²) in [5, 5.41) is 9.23. The number of hydrogen-bond donors (Lipinski definition) is 2. The van der Waals surface area contributed by atoms with Crippen molar-refractivity contribution in [2.24, 2.45) is 5.92 Å². The molecule has 8 nitrogen and oxygen atoms in total. The van der Waals surface area contributed by atoms with Gasteiger partial charge in [0.15, 0.2) is 0 Å². The number of nitrogens with one attached hydrogen (secondary N) is 1. The Morgan fingerprint density at radius 1 is 1.31 bits per heavy atom. The van der Waals surface area contributed by atoms with E-state index in [4.69, 9.17) is 4.74 Å². The zero-order valence-corrected chi connectivity index (χ0v) is 15.3. The number of ether oxygens (including phenoxy) is 1. The van der Waals surface area contributed by atoms with Gasteiger partial charge in [0.2, 0.25) is 15.9 Å². The number of aliphatic carboxylic acids is 1. The van der Waals surface area contributed by atoms with Gasteiger partial charge in [-0.15, -0.1) is 0 Å². The van der Waals surface area contributed by atoms with E-state index in [0.29, 0.717) is 32.6 Å². The van der Waals surface area contributed by atoms with E-state index in [1.54, 1.807) is 19.1 Å². The molecule has 2 heterocycles. The van der Waals surface area contributed by atoms with Crippen LogP contribution >= 0.6 is 0 Å². The fourth-order valence-corrected chi connectivity index (χ4v) is 4.51. The van der Waals surface area contributed by atoms with E-state index in [-0.39, 0.29) is 4.90 Å². The lowest BCUT2D eigenvalue weighted by Crippen LogP contribution is -2.51.